The Balaban J connectivity index is 2.89. The molecule has 0 aliphatic carbocycles. The van der Waals surface area contributed by atoms with Crippen LogP contribution in [-0.2, 0) is 28.9 Å². The fourth-order valence-corrected chi connectivity index (χ4v) is 6.17. The maximum absolute atomic E-state index is 13.0. The predicted molar refractivity (Wildman–Crippen MR) is 93.3 cm³/mol. The van der Waals surface area contributed by atoms with E-state index in [-0.39, 0.29) is 44.0 Å². The molecule has 1 rings (SSSR count). The quantitative estimate of drug-likeness (QED) is 0.486. The smallest absolute Gasteiger partial charge is 0.325 e. The van der Waals surface area contributed by atoms with Gasteiger partial charge in [-0.25, -0.2) is 0 Å². The summed E-state index contributed by atoms with van der Waals surface area (Å²) in [6.07, 6.45) is -3.69. The first-order chi connectivity index (χ1) is 12.1. The summed E-state index contributed by atoms with van der Waals surface area (Å²) in [5.74, 6) is 0. The Kier molecular flexibility index (Phi) is 8.97. The molecule has 0 aliphatic rings. The van der Waals surface area contributed by atoms with Crippen LogP contribution in [0.2, 0.25) is 0 Å². The van der Waals surface area contributed by atoms with E-state index in [9.17, 15) is 22.3 Å². The van der Waals surface area contributed by atoms with E-state index in [2.05, 4.69) is 4.98 Å². The third-order valence-corrected chi connectivity index (χ3v) is 8.01. The maximum Gasteiger partial charge on any atom is 0.417 e. The Hall–Kier alpha value is -0.720. The highest BCUT2D eigenvalue weighted by Crippen LogP contribution is 2.51. The molecule has 150 valence electrons. The summed E-state index contributed by atoms with van der Waals surface area (Å²) in [6, 6.07) is 1.88. The van der Waals surface area contributed by atoms with E-state index >= 15 is 0 Å². The molecule has 0 saturated carbocycles. The average Bonchev–Trinajstić information content (AvgIpc) is 2.55. The first-order valence-corrected chi connectivity index (χ1v) is 11.8. The molecule has 1 heterocycles. The molecule has 0 amide bonds. The van der Waals surface area contributed by atoms with Gasteiger partial charge in [0.05, 0.1) is 31.5 Å². The topological polar surface area (TPSA) is 74.7 Å². The molecule has 0 fully saturated rings. The molecule has 0 radical (unpaired) electrons. The number of rotatable bonds is 11. The second-order valence-corrected chi connectivity index (χ2v) is 9.94. The van der Waals surface area contributed by atoms with Gasteiger partial charge in [0.15, 0.2) is 0 Å². The van der Waals surface area contributed by atoms with E-state index in [0.717, 1.165) is 12.1 Å². The monoisotopic (exact) mass is 417 g/mol. The van der Waals surface area contributed by atoms with Crippen LogP contribution in [0.15, 0.2) is 18.3 Å². The minimum absolute atomic E-state index is 0.0245. The zero-order valence-electron chi connectivity index (χ0n) is 15.0. The number of aromatic nitrogens is 1. The molecule has 1 atom stereocenters. The largest absolute Gasteiger partial charge is 0.417 e. The van der Waals surface area contributed by atoms with Gasteiger partial charge in [-0.15, -0.1) is 0 Å². The minimum atomic E-state index is -4.53. The van der Waals surface area contributed by atoms with Gasteiger partial charge in [-0.1, -0.05) is 0 Å². The molecule has 0 bridgehead atoms. The standard InChI is InChI=1S/C15H24F3NO5P2/c1-4-22-25(20,10-7-11-26(21,23-5-2)24-6-3)14-9-8-13(12-19-14)15(16,17)18/h8-9,12H,4-7,10-11H2,1-3H3. The Labute approximate surface area is 151 Å². The van der Waals surface area contributed by atoms with E-state index in [4.69, 9.17) is 13.6 Å². The van der Waals surface area contributed by atoms with Gasteiger partial charge < -0.3 is 13.6 Å². The molecule has 1 aromatic heterocycles. The summed E-state index contributed by atoms with van der Waals surface area (Å²) >= 11 is 0. The van der Waals surface area contributed by atoms with Crippen LogP contribution in [0.5, 0.6) is 0 Å². The van der Waals surface area contributed by atoms with E-state index in [1.165, 1.54) is 0 Å². The molecule has 0 aliphatic heterocycles. The van der Waals surface area contributed by atoms with Gasteiger partial charge in [0.2, 0.25) is 7.37 Å². The first kappa shape index (κ1) is 23.3. The lowest BCUT2D eigenvalue weighted by molar-refractivity contribution is -0.137. The van der Waals surface area contributed by atoms with Crippen molar-refractivity contribution in [1.82, 2.24) is 4.98 Å². The van der Waals surface area contributed by atoms with Crippen molar-refractivity contribution >= 4 is 20.4 Å². The van der Waals surface area contributed by atoms with E-state index in [1.807, 2.05) is 0 Å². The lowest BCUT2D eigenvalue weighted by atomic mass is 10.3. The van der Waals surface area contributed by atoms with Crippen LogP contribution in [0.1, 0.15) is 32.8 Å². The molecule has 11 heteroatoms. The molecule has 1 unspecified atom stereocenters. The summed E-state index contributed by atoms with van der Waals surface area (Å²) < 4.78 is 79.1. The van der Waals surface area contributed by atoms with Gasteiger partial charge in [-0.05, 0) is 39.3 Å². The fourth-order valence-electron chi connectivity index (χ4n) is 2.24. The van der Waals surface area contributed by atoms with Gasteiger partial charge in [0, 0.05) is 12.4 Å². The lowest BCUT2D eigenvalue weighted by Crippen LogP contribution is -2.17. The molecule has 0 spiro atoms. The summed E-state index contributed by atoms with van der Waals surface area (Å²) in [5.41, 5.74) is -0.975. The Morgan fingerprint density at radius 3 is 1.96 bits per heavy atom. The number of halogens is 3. The van der Waals surface area contributed by atoms with Crippen LogP contribution in [0.3, 0.4) is 0 Å². The summed E-state index contributed by atoms with van der Waals surface area (Å²) in [6.45, 7) is 5.52. The van der Waals surface area contributed by atoms with Crippen molar-refractivity contribution in [2.24, 2.45) is 0 Å². The number of pyridine rings is 1. The molecule has 26 heavy (non-hydrogen) atoms. The van der Waals surface area contributed by atoms with E-state index in [1.54, 1.807) is 20.8 Å². The van der Waals surface area contributed by atoms with Crippen molar-refractivity contribution in [3.63, 3.8) is 0 Å². The van der Waals surface area contributed by atoms with Gasteiger partial charge in [-0.3, -0.25) is 14.1 Å². The molecule has 0 saturated heterocycles. The van der Waals surface area contributed by atoms with Crippen molar-refractivity contribution in [3.8, 4) is 0 Å². The van der Waals surface area contributed by atoms with Crippen LogP contribution in [-0.4, -0.2) is 37.1 Å². The molecule has 0 aromatic carbocycles. The molecular weight excluding hydrogens is 393 g/mol. The lowest BCUT2D eigenvalue weighted by Gasteiger charge is -2.20. The van der Waals surface area contributed by atoms with Crippen molar-refractivity contribution in [2.45, 2.75) is 33.4 Å². The molecule has 0 N–H and O–H groups in total. The molecule has 6 nitrogen and oxygen atoms in total. The van der Waals surface area contributed by atoms with Crippen LogP contribution in [0.25, 0.3) is 0 Å². The average molecular weight is 417 g/mol. The summed E-state index contributed by atoms with van der Waals surface area (Å²) in [4.78, 5) is 3.68. The zero-order chi connectivity index (χ0) is 19.8. The molecule has 1 aromatic rings. The predicted octanol–water partition coefficient (Wildman–Crippen LogP) is 4.70. The first-order valence-electron chi connectivity index (χ1n) is 8.25. The second kappa shape index (κ2) is 10.00. The number of hydrogen-bond donors (Lipinski definition) is 0. The van der Waals surface area contributed by atoms with Gasteiger partial charge >= 0.3 is 13.8 Å². The Morgan fingerprint density at radius 1 is 0.962 bits per heavy atom. The number of hydrogen-bond acceptors (Lipinski definition) is 6. The Morgan fingerprint density at radius 2 is 1.54 bits per heavy atom. The fraction of sp³-hybridized carbons (Fsp3) is 0.667. The van der Waals surface area contributed by atoms with Crippen molar-refractivity contribution in [3.05, 3.63) is 23.9 Å². The normalized spacial score (nSPS) is 15.0. The highest BCUT2D eigenvalue weighted by molar-refractivity contribution is 7.66. The van der Waals surface area contributed by atoms with E-state index < -0.39 is 26.7 Å². The van der Waals surface area contributed by atoms with Crippen LogP contribution in [0, 0.1) is 0 Å². The number of nitrogens with zero attached hydrogens (tertiary/aromatic N) is 1. The Bertz CT molecular complexity index is 642. The highest BCUT2D eigenvalue weighted by atomic mass is 31.2. The maximum atomic E-state index is 13.0. The zero-order valence-corrected chi connectivity index (χ0v) is 16.8. The van der Waals surface area contributed by atoms with E-state index in [0.29, 0.717) is 6.20 Å². The van der Waals surface area contributed by atoms with Gasteiger partial charge in [0.25, 0.3) is 0 Å². The van der Waals surface area contributed by atoms with Gasteiger partial charge in [-0.2, -0.15) is 13.2 Å². The van der Waals surface area contributed by atoms with Crippen molar-refractivity contribution < 1.29 is 35.9 Å². The minimum Gasteiger partial charge on any atom is -0.325 e. The highest BCUT2D eigenvalue weighted by Gasteiger charge is 2.34. The van der Waals surface area contributed by atoms with Gasteiger partial charge in [0.1, 0.15) is 5.44 Å². The van der Waals surface area contributed by atoms with Crippen LogP contribution < -0.4 is 5.44 Å². The SMILES string of the molecule is CCOP(=O)(CCCP(=O)(OCC)c1ccc(C(F)(F)F)cn1)OCC. The van der Waals surface area contributed by atoms with Crippen molar-refractivity contribution in [2.75, 3.05) is 32.1 Å². The van der Waals surface area contributed by atoms with Crippen molar-refractivity contribution in [1.29, 1.82) is 0 Å². The summed E-state index contributed by atoms with van der Waals surface area (Å²) in [7, 11) is -6.77. The van der Waals surface area contributed by atoms with Crippen LogP contribution >= 0.6 is 15.0 Å². The molecular formula is C15H24F3NO5P2. The number of alkyl halides is 3. The third kappa shape index (κ3) is 6.78. The third-order valence-electron chi connectivity index (χ3n) is 3.30. The van der Waals surface area contributed by atoms with Crippen LogP contribution in [0.4, 0.5) is 13.2 Å². The summed E-state index contributed by atoms with van der Waals surface area (Å²) in [5, 5.41) is 0. The second-order valence-electron chi connectivity index (χ2n) is 5.24.